The van der Waals surface area contributed by atoms with Crippen molar-refractivity contribution in [1.29, 1.82) is 5.26 Å². The van der Waals surface area contributed by atoms with Gasteiger partial charge in [-0.1, -0.05) is 28.1 Å². The first-order valence-corrected chi connectivity index (χ1v) is 9.01. The van der Waals surface area contributed by atoms with E-state index in [2.05, 4.69) is 26.6 Å². The maximum atomic E-state index is 11.0. The quantitative estimate of drug-likeness (QED) is 0.302. The number of nitriles is 1. The molecule has 134 valence electrons. The van der Waals surface area contributed by atoms with Gasteiger partial charge >= 0.3 is 0 Å². The van der Waals surface area contributed by atoms with Gasteiger partial charge in [0, 0.05) is 33.7 Å². The first kappa shape index (κ1) is 18.6. The Hall–Kier alpha value is -3.17. The van der Waals surface area contributed by atoms with E-state index in [9.17, 15) is 15.4 Å². The van der Waals surface area contributed by atoms with Crippen LogP contribution in [-0.2, 0) is 0 Å². The Bertz CT molecular complexity index is 1090. The highest BCUT2D eigenvalue weighted by Crippen LogP contribution is 2.27. The Morgan fingerprint density at radius 3 is 2.52 bits per heavy atom. The number of rotatable bonds is 4. The van der Waals surface area contributed by atoms with Crippen LogP contribution < -0.4 is 0 Å². The lowest BCUT2D eigenvalue weighted by Gasteiger charge is -2.09. The number of aromatic nitrogens is 1. The van der Waals surface area contributed by atoms with Gasteiger partial charge in [0.05, 0.1) is 16.6 Å². The van der Waals surface area contributed by atoms with Gasteiger partial charge in [-0.05, 0) is 61.4 Å². The first-order chi connectivity index (χ1) is 12.9. The van der Waals surface area contributed by atoms with E-state index in [-0.39, 0.29) is 5.69 Å². The monoisotopic (exact) mass is 421 g/mol. The fourth-order valence-electron chi connectivity index (χ4n) is 3.04. The largest absolute Gasteiger partial charge is 0.318 e. The number of non-ortho nitro benzene ring substituents is 1. The fraction of sp³-hybridized carbons (Fsp3) is 0.0952. The van der Waals surface area contributed by atoms with Crippen LogP contribution in [0.4, 0.5) is 5.69 Å². The summed E-state index contributed by atoms with van der Waals surface area (Å²) >= 11 is 3.44. The molecule has 0 fully saturated rings. The molecule has 0 spiro atoms. The molecule has 0 atom stereocenters. The molecule has 0 unspecified atom stereocenters. The van der Waals surface area contributed by atoms with Gasteiger partial charge in [0.2, 0.25) is 0 Å². The third kappa shape index (κ3) is 3.83. The summed E-state index contributed by atoms with van der Waals surface area (Å²) in [7, 11) is 0. The minimum absolute atomic E-state index is 0.0333. The van der Waals surface area contributed by atoms with Crippen LogP contribution in [0.3, 0.4) is 0 Å². The van der Waals surface area contributed by atoms with Crippen LogP contribution in [0.1, 0.15) is 22.5 Å². The number of halogens is 1. The summed E-state index contributed by atoms with van der Waals surface area (Å²) < 4.78 is 3.12. The first-order valence-electron chi connectivity index (χ1n) is 8.22. The standard InChI is InChI=1S/C21H16BrN3O2/c1-14-10-17(15(2)24(14)20-8-6-19(22)7-9-20)11-18(13-23)16-4-3-5-21(12-16)25(26)27/h3-12H,1-2H3/b18-11+. The van der Waals surface area contributed by atoms with Crippen molar-refractivity contribution in [3.63, 3.8) is 0 Å². The smallest absolute Gasteiger partial charge is 0.270 e. The van der Waals surface area contributed by atoms with Crippen molar-refractivity contribution >= 4 is 33.3 Å². The molecule has 0 aliphatic rings. The molecular weight excluding hydrogens is 406 g/mol. The lowest BCUT2D eigenvalue weighted by Crippen LogP contribution is -1.98. The molecule has 0 saturated carbocycles. The highest BCUT2D eigenvalue weighted by atomic mass is 79.9. The summed E-state index contributed by atoms with van der Waals surface area (Å²) in [5.74, 6) is 0. The van der Waals surface area contributed by atoms with Crippen molar-refractivity contribution in [3.8, 4) is 11.8 Å². The second kappa shape index (κ2) is 7.60. The number of allylic oxidation sites excluding steroid dienone is 1. The lowest BCUT2D eigenvalue weighted by molar-refractivity contribution is -0.384. The predicted molar refractivity (Wildman–Crippen MR) is 110 cm³/mol. The second-order valence-corrected chi connectivity index (χ2v) is 7.03. The molecule has 2 aromatic carbocycles. The molecule has 0 amide bonds. The Balaban J connectivity index is 2.07. The number of nitrogens with zero attached hydrogens (tertiary/aromatic N) is 3. The third-order valence-corrected chi connectivity index (χ3v) is 4.87. The molecule has 3 aromatic rings. The van der Waals surface area contributed by atoms with Crippen molar-refractivity contribution in [2.75, 3.05) is 0 Å². The molecular formula is C21H16BrN3O2. The van der Waals surface area contributed by atoms with E-state index in [0.29, 0.717) is 11.1 Å². The van der Waals surface area contributed by atoms with Gasteiger partial charge in [-0.2, -0.15) is 5.26 Å². The van der Waals surface area contributed by atoms with Crippen molar-refractivity contribution in [3.05, 3.63) is 91.7 Å². The highest BCUT2D eigenvalue weighted by molar-refractivity contribution is 9.10. The normalized spacial score (nSPS) is 11.3. The molecule has 6 heteroatoms. The maximum absolute atomic E-state index is 11.0. The average Bonchev–Trinajstić information content (AvgIpc) is 2.94. The van der Waals surface area contributed by atoms with Gasteiger partial charge in [0.25, 0.3) is 5.69 Å². The van der Waals surface area contributed by atoms with Gasteiger partial charge in [-0.15, -0.1) is 0 Å². The Labute approximate surface area is 165 Å². The SMILES string of the molecule is Cc1cc(/C=C(\C#N)c2cccc([N+](=O)[O-])c2)c(C)n1-c1ccc(Br)cc1. The predicted octanol–water partition coefficient (Wildman–Crippen LogP) is 5.83. The third-order valence-electron chi connectivity index (χ3n) is 4.34. The molecule has 0 radical (unpaired) electrons. The number of nitro benzene ring substituents is 1. The van der Waals surface area contributed by atoms with E-state index in [1.807, 2.05) is 44.2 Å². The number of hydrogen-bond donors (Lipinski definition) is 0. The van der Waals surface area contributed by atoms with Gasteiger partial charge in [0.15, 0.2) is 0 Å². The minimum Gasteiger partial charge on any atom is -0.318 e. The zero-order chi connectivity index (χ0) is 19.6. The van der Waals surface area contributed by atoms with Crippen LogP contribution >= 0.6 is 15.9 Å². The fourth-order valence-corrected chi connectivity index (χ4v) is 3.31. The van der Waals surface area contributed by atoms with E-state index < -0.39 is 4.92 Å². The minimum atomic E-state index is -0.460. The summed E-state index contributed by atoms with van der Waals surface area (Å²) in [5, 5.41) is 20.6. The van der Waals surface area contributed by atoms with Crippen LogP contribution in [0.25, 0.3) is 17.3 Å². The van der Waals surface area contributed by atoms with E-state index in [1.165, 1.54) is 12.1 Å². The van der Waals surface area contributed by atoms with Gasteiger partial charge < -0.3 is 4.57 Å². The molecule has 0 aliphatic heterocycles. The molecule has 1 aromatic heterocycles. The zero-order valence-electron chi connectivity index (χ0n) is 14.8. The van der Waals surface area contributed by atoms with Gasteiger partial charge in [-0.25, -0.2) is 0 Å². The van der Waals surface area contributed by atoms with Gasteiger partial charge in [0.1, 0.15) is 0 Å². The van der Waals surface area contributed by atoms with Crippen LogP contribution in [0, 0.1) is 35.3 Å². The van der Waals surface area contributed by atoms with Crippen LogP contribution in [0.2, 0.25) is 0 Å². The van der Waals surface area contributed by atoms with Crippen molar-refractivity contribution < 1.29 is 4.92 Å². The topological polar surface area (TPSA) is 71.9 Å². The molecule has 0 saturated heterocycles. The summed E-state index contributed by atoms with van der Waals surface area (Å²) in [6.07, 6.45) is 1.77. The van der Waals surface area contributed by atoms with Gasteiger partial charge in [-0.3, -0.25) is 10.1 Å². The van der Waals surface area contributed by atoms with Crippen molar-refractivity contribution in [2.45, 2.75) is 13.8 Å². The molecule has 0 N–H and O–H groups in total. The summed E-state index contributed by atoms with van der Waals surface area (Å²) in [6.45, 7) is 4.00. The molecule has 5 nitrogen and oxygen atoms in total. The second-order valence-electron chi connectivity index (χ2n) is 6.12. The highest BCUT2D eigenvalue weighted by Gasteiger charge is 2.13. The van der Waals surface area contributed by atoms with E-state index in [1.54, 1.807) is 18.2 Å². The number of aryl methyl sites for hydroxylation is 1. The van der Waals surface area contributed by atoms with E-state index in [4.69, 9.17) is 0 Å². The van der Waals surface area contributed by atoms with Crippen LogP contribution in [0.15, 0.2) is 59.1 Å². The summed E-state index contributed by atoms with van der Waals surface area (Å²) in [4.78, 5) is 10.5. The van der Waals surface area contributed by atoms with Crippen LogP contribution in [0.5, 0.6) is 0 Å². The average molecular weight is 422 g/mol. The molecule has 1 heterocycles. The maximum Gasteiger partial charge on any atom is 0.270 e. The van der Waals surface area contributed by atoms with E-state index >= 15 is 0 Å². The van der Waals surface area contributed by atoms with Crippen molar-refractivity contribution in [1.82, 2.24) is 4.57 Å². The zero-order valence-corrected chi connectivity index (χ0v) is 16.4. The lowest BCUT2D eigenvalue weighted by atomic mass is 10.0. The summed E-state index contributed by atoms with van der Waals surface area (Å²) in [6, 6.07) is 18.3. The number of nitro groups is 1. The number of hydrogen-bond acceptors (Lipinski definition) is 3. The molecule has 3 rings (SSSR count). The van der Waals surface area contributed by atoms with Crippen LogP contribution in [-0.4, -0.2) is 9.49 Å². The Morgan fingerprint density at radius 1 is 1.19 bits per heavy atom. The Morgan fingerprint density at radius 2 is 1.89 bits per heavy atom. The number of benzene rings is 2. The van der Waals surface area contributed by atoms with Crippen molar-refractivity contribution in [2.24, 2.45) is 0 Å². The van der Waals surface area contributed by atoms with E-state index in [0.717, 1.165) is 27.1 Å². The molecule has 27 heavy (non-hydrogen) atoms. The molecule has 0 aliphatic carbocycles. The molecule has 0 bridgehead atoms. The summed E-state index contributed by atoms with van der Waals surface area (Å²) in [5.41, 5.74) is 4.84. The Kier molecular flexibility index (Phi) is 5.24.